The zero-order valence-electron chi connectivity index (χ0n) is 9.80. The van der Waals surface area contributed by atoms with Gasteiger partial charge >= 0.3 is 0 Å². The van der Waals surface area contributed by atoms with Crippen LogP contribution in [0, 0.1) is 0 Å². The van der Waals surface area contributed by atoms with Crippen LogP contribution in [0.2, 0.25) is 0 Å². The molecule has 19 heavy (non-hydrogen) atoms. The van der Waals surface area contributed by atoms with Gasteiger partial charge < -0.3 is 5.11 Å². The van der Waals surface area contributed by atoms with Crippen LogP contribution in [0.5, 0.6) is 0 Å². The number of H-pyrrole nitrogens is 1. The number of aromatic nitrogens is 2. The lowest BCUT2D eigenvalue weighted by Gasteiger charge is -2.06. The number of aliphatic hydroxyl groups is 1. The molecule has 2 aromatic rings. The van der Waals surface area contributed by atoms with Gasteiger partial charge in [0.05, 0.1) is 12.8 Å². The van der Waals surface area contributed by atoms with Gasteiger partial charge in [-0.2, -0.15) is 5.10 Å². The van der Waals surface area contributed by atoms with Gasteiger partial charge in [-0.05, 0) is 17.7 Å². The van der Waals surface area contributed by atoms with Gasteiger partial charge in [0.1, 0.15) is 0 Å². The van der Waals surface area contributed by atoms with Gasteiger partial charge in [0.25, 0.3) is 10.0 Å². The molecule has 0 fully saturated rings. The van der Waals surface area contributed by atoms with Crippen molar-refractivity contribution in [3.8, 4) is 0 Å². The van der Waals surface area contributed by atoms with Crippen molar-refractivity contribution in [2.24, 2.45) is 0 Å². The molecule has 0 saturated carbocycles. The van der Waals surface area contributed by atoms with Gasteiger partial charge in [0.2, 0.25) is 0 Å². The van der Waals surface area contributed by atoms with Crippen molar-refractivity contribution in [1.29, 1.82) is 0 Å². The molecule has 1 aromatic heterocycles. The summed E-state index contributed by atoms with van der Waals surface area (Å²) < 4.78 is 27.4. The normalized spacial score (nSPS) is 11.7. The third-order valence-electron chi connectivity index (χ3n) is 2.50. The highest BCUT2D eigenvalue weighted by molar-refractivity contribution is 9.10. The summed E-state index contributed by atoms with van der Waals surface area (Å²) in [6.45, 7) is -0.218. The molecular formula is C11H12BrN3O3S. The van der Waals surface area contributed by atoms with Crippen LogP contribution < -0.4 is 4.72 Å². The number of halogens is 1. The van der Waals surface area contributed by atoms with Gasteiger partial charge in [0.15, 0.2) is 5.03 Å². The van der Waals surface area contributed by atoms with Crippen molar-refractivity contribution in [3.05, 3.63) is 46.1 Å². The molecule has 0 radical (unpaired) electrons. The largest absolute Gasteiger partial charge is 0.392 e. The summed E-state index contributed by atoms with van der Waals surface area (Å²) in [5, 5.41) is 14.9. The maximum atomic E-state index is 12.0. The molecule has 0 aliphatic carbocycles. The topological polar surface area (TPSA) is 95.1 Å². The van der Waals surface area contributed by atoms with Crippen LogP contribution in [0.25, 0.3) is 0 Å². The van der Waals surface area contributed by atoms with Gasteiger partial charge in [0, 0.05) is 16.6 Å². The zero-order chi connectivity index (χ0) is 13.9. The van der Waals surface area contributed by atoms with Crippen LogP contribution in [-0.2, 0) is 23.2 Å². The molecule has 6 nitrogen and oxygen atoms in total. The van der Waals surface area contributed by atoms with Crippen LogP contribution in [-0.4, -0.2) is 23.7 Å². The molecule has 102 valence electrons. The van der Waals surface area contributed by atoms with Crippen molar-refractivity contribution in [2.45, 2.75) is 18.2 Å². The lowest BCUT2D eigenvalue weighted by molar-refractivity contribution is 0.278. The first-order valence-electron chi connectivity index (χ1n) is 5.40. The maximum absolute atomic E-state index is 12.0. The number of sulfonamides is 1. The number of aliphatic hydroxyl groups excluding tert-OH is 1. The number of nitrogens with zero attached hydrogens (tertiary/aromatic N) is 1. The Labute approximate surface area is 119 Å². The second kappa shape index (κ2) is 5.83. The highest BCUT2D eigenvalue weighted by Gasteiger charge is 2.19. The summed E-state index contributed by atoms with van der Waals surface area (Å²) in [6, 6.07) is 7.29. The third-order valence-corrected chi connectivity index (χ3v) is 4.44. The lowest BCUT2D eigenvalue weighted by atomic mass is 10.2. The molecule has 0 bridgehead atoms. The van der Waals surface area contributed by atoms with E-state index in [2.05, 4.69) is 30.8 Å². The molecule has 2 rings (SSSR count). The first-order valence-corrected chi connectivity index (χ1v) is 7.68. The van der Waals surface area contributed by atoms with Gasteiger partial charge in [-0.3, -0.25) is 5.10 Å². The molecule has 0 aliphatic rings. The molecule has 3 N–H and O–H groups in total. The Morgan fingerprint density at radius 2 is 2.00 bits per heavy atom. The van der Waals surface area contributed by atoms with Crippen molar-refractivity contribution in [2.75, 3.05) is 0 Å². The number of hydrogen-bond acceptors (Lipinski definition) is 4. The van der Waals surface area contributed by atoms with E-state index in [-0.39, 0.29) is 23.7 Å². The first kappa shape index (κ1) is 14.2. The average molecular weight is 346 g/mol. The fourth-order valence-corrected chi connectivity index (χ4v) is 2.90. The van der Waals surface area contributed by atoms with E-state index in [1.54, 1.807) is 0 Å². The van der Waals surface area contributed by atoms with Crippen LogP contribution >= 0.6 is 15.9 Å². The Bertz CT molecular complexity index is 652. The standard InChI is InChI=1S/C11H12BrN3O3S/c12-10-3-1-8(2-4-10)5-14-19(17,18)11-9(7-16)6-13-15-11/h1-4,6,14,16H,5,7H2,(H,13,15). The number of rotatable bonds is 5. The maximum Gasteiger partial charge on any atom is 0.258 e. The average Bonchev–Trinajstić information content (AvgIpc) is 2.87. The zero-order valence-corrected chi connectivity index (χ0v) is 12.2. The van der Waals surface area contributed by atoms with E-state index in [9.17, 15) is 8.42 Å². The van der Waals surface area contributed by atoms with E-state index >= 15 is 0 Å². The number of aromatic amines is 1. The number of benzene rings is 1. The molecule has 1 heterocycles. The molecule has 0 spiro atoms. The molecule has 0 atom stereocenters. The molecule has 0 saturated heterocycles. The van der Waals surface area contributed by atoms with Gasteiger partial charge in [-0.25, -0.2) is 13.1 Å². The Balaban J connectivity index is 2.12. The van der Waals surface area contributed by atoms with E-state index in [1.807, 2.05) is 24.3 Å². The predicted molar refractivity (Wildman–Crippen MR) is 72.7 cm³/mol. The molecule has 0 aliphatic heterocycles. The summed E-state index contributed by atoms with van der Waals surface area (Å²) in [5.74, 6) is 0. The Hall–Kier alpha value is -1.22. The van der Waals surface area contributed by atoms with Crippen LogP contribution in [0.15, 0.2) is 40.0 Å². The minimum absolute atomic E-state index is 0.105. The van der Waals surface area contributed by atoms with E-state index in [4.69, 9.17) is 5.11 Å². The summed E-state index contributed by atoms with van der Waals surface area (Å²) in [4.78, 5) is 0. The molecule has 8 heteroatoms. The monoisotopic (exact) mass is 345 g/mol. The van der Waals surface area contributed by atoms with Crippen LogP contribution in [0.3, 0.4) is 0 Å². The van der Waals surface area contributed by atoms with E-state index in [1.165, 1.54) is 6.20 Å². The highest BCUT2D eigenvalue weighted by Crippen LogP contribution is 2.13. The molecular weight excluding hydrogens is 334 g/mol. The second-order valence-electron chi connectivity index (χ2n) is 3.83. The smallest absolute Gasteiger partial charge is 0.258 e. The van der Waals surface area contributed by atoms with Crippen LogP contribution in [0.1, 0.15) is 11.1 Å². The highest BCUT2D eigenvalue weighted by atomic mass is 79.9. The first-order chi connectivity index (χ1) is 9.03. The van der Waals surface area contributed by atoms with Crippen molar-refractivity contribution < 1.29 is 13.5 Å². The summed E-state index contributed by atoms with van der Waals surface area (Å²) in [5.41, 5.74) is 1.07. The summed E-state index contributed by atoms with van der Waals surface area (Å²) in [6.07, 6.45) is 1.29. The van der Waals surface area contributed by atoms with Gasteiger partial charge in [-0.15, -0.1) is 0 Å². The molecule has 0 amide bonds. The summed E-state index contributed by atoms with van der Waals surface area (Å²) >= 11 is 3.31. The van der Waals surface area contributed by atoms with E-state index < -0.39 is 10.0 Å². The lowest BCUT2D eigenvalue weighted by Crippen LogP contribution is -2.24. The second-order valence-corrected chi connectivity index (χ2v) is 6.45. The van der Waals surface area contributed by atoms with Crippen LogP contribution in [0.4, 0.5) is 0 Å². The van der Waals surface area contributed by atoms with E-state index in [0.29, 0.717) is 0 Å². The third kappa shape index (κ3) is 3.41. The van der Waals surface area contributed by atoms with Gasteiger partial charge in [-0.1, -0.05) is 28.1 Å². The SMILES string of the molecule is O=S(=O)(NCc1ccc(Br)cc1)c1[nH]ncc1CO. The predicted octanol–water partition coefficient (Wildman–Crippen LogP) is 1.14. The Morgan fingerprint density at radius 3 is 2.63 bits per heavy atom. The fourth-order valence-electron chi connectivity index (χ4n) is 1.50. The summed E-state index contributed by atoms with van der Waals surface area (Å²) in [7, 11) is -3.71. The van der Waals surface area contributed by atoms with Crippen molar-refractivity contribution >= 4 is 26.0 Å². The van der Waals surface area contributed by atoms with E-state index in [0.717, 1.165) is 10.0 Å². The minimum Gasteiger partial charge on any atom is -0.392 e. The molecule has 1 aromatic carbocycles. The minimum atomic E-state index is -3.71. The Morgan fingerprint density at radius 1 is 1.32 bits per heavy atom. The number of nitrogens with one attached hydrogen (secondary N) is 2. The number of hydrogen-bond donors (Lipinski definition) is 3. The Kier molecular flexibility index (Phi) is 4.35. The van der Waals surface area contributed by atoms with Crippen molar-refractivity contribution in [3.63, 3.8) is 0 Å². The van der Waals surface area contributed by atoms with Crippen molar-refractivity contribution in [1.82, 2.24) is 14.9 Å². The fraction of sp³-hybridized carbons (Fsp3) is 0.182. The molecule has 0 unspecified atom stereocenters. The quantitative estimate of drug-likeness (QED) is 0.757.